The maximum absolute atomic E-state index is 9.44. The van der Waals surface area contributed by atoms with Crippen molar-refractivity contribution in [2.45, 2.75) is 66.2 Å². The molecule has 0 unspecified atom stereocenters. The van der Waals surface area contributed by atoms with E-state index in [0.717, 1.165) is 72.1 Å². The lowest BCUT2D eigenvalue weighted by molar-refractivity contribution is 0.483. The molecule has 344 valence electrons. The predicted molar refractivity (Wildman–Crippen MR) is 292 cm³/mol. The van der Waals surface area contributed by atoms with Crippen LogP contribution in [0.4, 0.5) is 22.7 Å². The fourth-order valence-corrected chi connectivity index (χ4v) is 10.8. The molecule has 6 heteroatoms. The van der Waals surface area contributed by atoms with Crippen LogP contribution in [0.5, 0.6) is 11.5 Å². The molecule has 12 rings (SSSR count). The van der Waals surface area contributed by atoms with E-state index in [1.807, 2.05) is 125 Å². The predicted octanol–water partition coefficient (Wildman–Crippen LogP) is 17.7. The summed E-state index contributed by atoms with van der Waals surface area (Å²) in [5.41, 5.74) is 8.71. The smallest absolute Gasteiger partial charge is 0.145 e. The molecule has 0 bridgehead atoms. The molecule has 0 N–H and O–H groups in total. The SMILES string of the molecule is [2H]c1c([2H])c([2H])c(-c2c(C)c(C(C)(C)C)c(C)c(-c3c([2H])c([2H])c([2H])c([2H])c3[2H])c2N2CN(c3cccc(Oc4ccc5c6c7oc8ccccc8c7ccc6n(-c6cc(C(C)(C)C)ccn6)c5c4)c3)c3ccccc32)c([2H])c1[2H]. The van der Waals surface area contributed by atoms with Gasteiger partial charge in [0.2, 0.25) is 0 Å². The molecule has 4 heterocycles. The molecule has 70 heavy (non-hydrogen) atoms. The molecular formula is C64H56N4O2. The van der Waals surface area contributed by atoms with E-state index in [2.05, 4.69) is 66.6 Å². The number of pyridine rings is 1. The largest absolute Gasteiger partial charge is 0.457 e. The van der Waals surface area contributed by atoms with Gasteiger partial charge in [0.1, 0.15) is 35.2 Å². The number of rotatable bonds is 7. The summed E-state index contributed by atoms with van der Waals surface area (Å²) in [6.45, 7) is 16.4. The van der Waals surface area contributed by atoms with Gasteiger partial charge in [0.15, 0.2) is 0 Å². The molecule has 0 radical (unpaired) electrons. The topological polar surface area (TPSA) is 46.7 Å². The van der Waals surface area contributed by atoms with Gasteiger partial charge in [0, 0.05) is 51.3 Å². The molecule has 0 atom stereocenters. The molecule has 1 aliphatic rings. The first-order chi connectivity index (χ1) is 38.0. The highest BCUT2D eigenvalue weighted by Crippen LogP contribution is 2.54. The number of nitrogens with zero attached hydrogens (tertiary/aromatic N) is 4. The zero-order valence-corrected chi connectivity index (χ0v) is 40.4. The van der Waals surface area contributed by atoms with E-state index < -0.39 is 65.8 Å². The van der Waals surface area contributed by atoms with Crippen LogP contribution >= 0.6 is 0 Å². The van der Waals surface area contributed by atoms with Gasteiger partial charge >= 0.3 is 0 Å². The van der Waals surface area contributed by atoms with Crippen LogP contribution in [0.15, 0.2) is 186 Å². The van der Waals surface area contributed by atoms with Crippen LogP contribution in [-0.4, -0.2) is 16.2 Å². The van der Waals surface area contributed by atoms with Gasteiger partial charge in [-0.1, -0.05) is 138 Å². The van der Waals surface area contributed by atoms with Gasteiger partial charge < -0.3 is 19.0 Å². The average molecular weight is 923 g/mol. The molecule has 3 aromatic heterocycles. The molecular weight excluding hydrogens is 857 g/mol. The van der Waals surface area contributed by atoms with E-state index in [1.54, 1.807) is 0 Å². The average Bonchev–Trinajstić information content (AvgIpc) is 4.13. The third-order valence-corrected chi connectivity index (χ3v) is 13.7. The van der Waals surface area contributed by atoms with Crippen LogP contribution in [0.25, 0.3) is 71.8 Å². The van der Waals surface area contributed by atoms with Gasteiger partial charge in [-0.05, 0) is 125 Å². The van der Waals surface area contributed by atoms with Crippen LogP contribution < -0.4 is 14.5 Å². The molecule has 1 aliphatic heterocycles. The Balaban J connectivity index is 1.03. The summed E-state index contributed by atoms with van der Waals surface area (Å²) in [6.07, 6.45) is 1.85. The minimum atomic E-state index is -0.636. The number of hydrogen-bond donors (Lipinski definition) is 0. The second-order valence-corrected chi connectivity index (χ2v) is 20.2. The Morgan fingerprint density at radius 3 is 1.91 bits per heavy atom. The van der Waals surface area contributed by atoms with Crippen LogP contribution in [0.2, 0.25) is 0 Å². The summed E-state index contributed by atoms with van der Waals surface area (Å²) in [5.74, 6) is 1.87. The highest BCUT2D eigenvalue weighted by Gasteiger charge is 2.35. The van der Waals surface area contributed by atoms with Gasteiger partial charge in [-0.2, -0.15) is 0 Å². The van der Waals surface area contributed by atoms with Crippen molar-refractivity contribution >= 4 is 66.5 Å². The van der Waals surface area contributed by atoms with E-state index >= 15 is 0 Å². The lowest BCUT2D eigenvalue weighted by atomic mass is 9.75. The van der Waals surface area contributed by atoms with Crippen LogP contribution in [0, 0.1) is 13.8 Å². The van der Waals surface area contributed by atoms with Crippen molar-refractivity contribution in [2.24, 2.45) is 0 Å². The first kappa shape index (κ1) is 33.4. The Labute approximate surface area is 424 Å². The fraction of sp³-hybridized carbons (Fsp3) is 0.172. The van der Waals surface area contributed by atoms with E-state index in [-0.39, 0.29) is 23.2 Å². The minimum absolute atomic E-state index is 0.0651. The molecule has 6 nitrogen and oxygen atoms in total. The lowest BCUT2D eigenvalue weighted by Gasteiger charge is -2.34. The van der Waals surface area contributed by atoms with E-state index in [9.17, 15) is 5.48 Å². The number of para-hydroxylation sites is 3. The zero-order chi connectivity index (χ0) is 56.8. The third-order valence-electron chi connectivity index (χ3n) is 13.7. The van der Waals surface area contributed by atoms with Crippen LogP contribution in [0.1, 0.15) is 77.5 Å². The van der Waals surface area contributed by atoms with Gasteiger partial charge in [0.25, 0.3) is 0 Å². The van der Waals surface area contributed by atoms with Crippen molar-refractivity contribution in [1.82, 2.24) is 9.55 Å². The van der Waals surface area contributed by atoms with E-state index in [1.165, 1.54) is 0 Å². The number of hydrogen-bond acceptors (Lipinski definition) is 5. The van der Waals surface area contributed by atoms with Crippen molar-refractivity contribution in [1.29, 1.82) is 0 Å². The summed E-state index contributed by atoms with van der Waals surface area (Å²) < 4.78 is 106. The Bertz CT molecular complexity index is 4300. The van der Waals surface area contributed by atoms with Crippen molar-refractivity contribution < 1.29 is 22.9 Å². The number of anilines is 4. The Kier molecular flexibility index (Phi) is 7.77. The van der Waals surface area contributed by atoms with Crippen molar-refractivity contribution in [3.05, 3.63) is 204 Å². The number of ether oxygens (including phenoxy) is 1. The first-order valence-electron chi connectivity index (χ1n) is 28.6. The van der Waals surface area contributed by atoms with E-state index in [0.29, 0.717) is 45.1 Å². The summed E-state index contributed by atoms with van der Waals surface area (Å²) in [7, 11) is 0. The standard InChI is InChI=1S/C64H56N4O2/c1-40-57(42-20-11-9-12-21-42)61(58(43-22-13-10-14-23-43)41(2)60(40)64(6,7)8)67-39-66(51-27-16-17-28-52(51)67)45-24-19-25-46(37-45)69-47-30-31-50-54(38-47)68(56-36-44(34-35-65-56)63(3,4)5)53-33-32-49-48-26-15-18-29-55(48)70-62(49)59(50)53/h9-38H,39H2,1-8H3/i9D,10D,11D,12D,13D,14D,20D,21D,22D,23D. The van der Waals surface area contributed by atoms with Crippen molar-refractivity contribution in [3.63, 3.8) is 0 Å². The number of furan rings is 1. The summed E-state index contributed by atoms with van der Waals surface area (Å²) in [6, 6.07) is 33.0. The summed E-state index contributed by atoms with van der Waals surface area (Å²) in [4.78, 5) is 8.99. The lowest BCUT2D eigenvalue weighted by Crippen LogP contribution is -2.26. The number of benzene rings is 8. The molecule has 0 saturated carbocycles. The summed E-state index contributed by atoms with van der Waals surface area (Å²) in [5, 5.41) is 3.99. The molecule has 0 saturated heterocycles. The molecule has 8 aromatic carbocycles. The normalized spacial score (nSPS) is 15.0. The van der Waals surface area contributed by atoms with Gasteiger partial charge in [-0.15, -0.1) is 0 Å². The quantitative estimate of drug-likeness (QED) is 0.159. The van der Waals surface area contributed by atoms with Gasteiger partial charge in [0.05, 0.1) is 47.2 Å². The maximum atomic E-state index is 9.44. The van der Waals surface area contributed by atoms with Crippen LogP contribution in [0.3, 0.4) is 0 Å². The second-order valence-electron chi connectivity index (χ2n) is 20.2. The third kappa shape index (κ3) is 7.04. The molecule has 0 fully saturated rings. The minimum Gasteiger partial charge on any atom is -0.457 e. The monoisotopic (exact) mass is 923 g/mol. The Morgan fingerprint density at radius 1 is 0.586 bits per heavy atom. The van der Waals surface area contributed by atoms with Crippen molar-refractivity contribution in [2.75, 3.05) is 16.5 Å². The number of aromatic nitrogens is 2. The first-order valence-corrected chi connectivity index (χ1v) is 23.6. The molecule has 0 spiro atoms. The molecule has 0 amide bonds. The zero-order valence-electron chi connectivity index (χ0n) is 50.4. The highest BCUT2D eigenvalue weighted by molar-refractivity contribution is 6.24. The number of fused-ring (bicyclic) bond motifs is 8. The highest BCUT2D eigenvalue weighted by atomic mass is 16.5. The van der Waals surface area contributed by atoms with Crippen LogP contribution in [-0.2, 0) is 10.8 Å². The Hall–Kier alpha value is -8.09. The second kappa shape index (κ2) is 16.3. The Morgan fingerprint density at radius 2 is 1.23 bits per heavy atom. The van der Waals surface area contributed by atoms with E-state index in [4.69, 9.17) is 22.4 Å². The summed E-state index contributed by atoms with van der Waals surface area (Å²) >= 11 is 0. The molecule has 11 aromatic rings. The fourth-order valence-electron chi connectivity index (χ4n) is 10.8. The van der Waals surface area contributed by atoms with Gasteiger partial charge in [-0.25, -0.2) is 4.98 Å². The van der Waals surface area contributed by atoms with Gasteiger partial charge in [-0.3, -0.25) is 4.57 Å². The molecule has 0 aliphatic carbocycles. The van der Waals surface area contributed by atoms with Crippen molar-refractivity contribution in [3.8, 4) is 39.6 Å². The maximum Gasteiger partial charge on any atom is 0.145 e.